The minimum Gasteiger partial charge on any atom is -0.476 e. The molecular weight excluding hydrogens is 240 g/mol. The van der Waals surface area contributed by atoms with Crippen molar-refractivity contribution in [1.82, 2.24) is 9.97 Å². The first-order chi connectivity index (χ1) is 8.27. The maximum Gasteiger partial charge on any atom is 0.360 e. The highest BCUT2D eigenvalue weighted by Crippen LogP contribution is 2.13. The number of hydrogen-bond acceptors (Lipinski definition) is 5. The molecule has 2 aromatic heterocycles. The van der Waals surface area contributed by atoms with Gasteiger partial charge < -0.3 is 9.84 Å². The van der Waals surface area contributed by atoms with Crippen LogP contribution >= 0.6 is 11.3 Å². The minimum atomic E-state index is -1.13. The van der Waals surface area contributed by atoms with E-state index in [0.717, 1.165) is 6.42 Å². The highest BCUT2D eigenvalue weighted by molar-refractivity contribution is 7.09. The van der Waals surface area contributed by atoms with Crippen molar-refractivity contribution in [3.63, 3.8) is 0 Å². The van der Waals surface area contributed by atoms with Crippen LogP contribution < -0.4 is 4.74 Å². The molecule has 0 bridgehead atoms. The third-order valence-electron chi connectivity index (χ3n) is 2.03. The molecule has 0 saturated heterocycles. The van der Waals surface area contributed by atoms with Gasteiger partial charge in [0.05, 0.1) is 6.61 Å². The molecule has 0 radical (unpaired) electrons. The van der Waals surface area contributed by atoms with E-state index in [4.69, 9.17) is 9.84 Å². The van der Waals surface area contributed by atoms with Gasteiger partial charge in [-0.2, -0.15) is 0 Å². The summed E-state index contributed by atoms with van der Waals surface area (Å²) >= 11 is 1.64. The van der Waals surface area contributed by atoms with Crippen molar-refractivity contribution >= 4 is 17.3 Å². The van der Waals surface area contributed by atoms with Gasteiger partial charge in [0.2, 0.25) is 11.6 Å². The summed E-state index contributed by atoms with van der Waals surface area (Å²) in [5.41, 5.74) is -0.154. The van der Waals surface area contributed by atoms with Crippen LogP contribution in [0.4, 0.5) is 0 Å². The summed E-state index contributed by atoms with van der Waals surface area (Å²) in [5, 5.41) is 10.9. The molecule has 17 heavy (non-hydrogen) atoms. The molecular formula is C11H10N2O3S. The average molecular weight is 250 g/mol. The highest BCUT2D eigenvalue weighted by Gasteiger charge is 2.13. The summed E-state index contributed by atoms with van der Waals surface area (Å²) in [6.07, 6.45) is 3.47. The van der Waals surface area contributed by atoms with E-state index < -0.39 is 5.97 Å². The Labute approximate surface area is 102 Å². The summed E-state index contributed by atoms with van der Waals surface area (Å²) in [6.45, 7) is 0.388. The standard InChI is InChI=1S/C11H10N2O3S/c14-11(15)9-10(13-5-4-12-9)16-6-3-8-2-1-7-17-8/h1-2,4-5,7H,3,6H2,(H,14,15). The van der Waals surface area contributed by atoms with Crippen molar-refractivity contribution in [2.45, 2.75) is 6.42 Å². The largest absolute Gasteiger partial charge is 0.476 e. The molecule has 6 heteroatoms. The van der Waals surface area contributed by atoms with Crippen LogP contribution in [0.1, 0.15) is 15.4 Å². The van der Waals surface area contributed by atoms with E-state index in [-0.39, 0.29) is 11.6 Å². The number of carboxylic acid groups (broad SMARTS) is 1. The van der Waals surface area contributed by atoms with Gasteiger partial charge in [-0.3, -0.25) is 0 Å². The lowest BCUT2D eigenvalue weighted by molar-refractivity contribution is 0.0684. The van der Waals surface area contributed by atoms with Gasteiger partial charge in [0.25, 0.3) is 0 Å². The Hall–Kier alpha value is -1.95. The number of aromatic nitrogens is 2. The molecule has 0 aliphatic rings. The van der Waals surface area contributed by atoms with E-state index in [9.17, 15) is 4.79 Å². The minimum absolute atomic E-state index is 0.0663. The molecule has 0 aliphatic heterocycles. The van der Waals surface area contributed by atoms with Crippen LogP contribution in [-0.4, -0.2) is 27.7 Å². The van der Waals surface area contributed by atoms with Gasteiger partial charge in [0.15, 0.2) is 0 Å². The van der Waals surface area contributed by atoms with Gasteiger partial charge in [-0.15, -0.1) is 11.3 Å². The summed E-state index contributed by atoms with van der Waals surface area (Å²) in [4.78, 5) is 19.6. The molecule has 88 valence electrons. The Kier molecular flexibility index (Phi) is 3.66. The summed E-state index contributed by atoms with van der Waals surface area (Å²) < 4.78 is 5.32. The van der Waals surface area contributed by atoms with Crippen molar-refractivity contribution < 1.29 is 14.6 Å². The summed E-state index contributed by atoms with van der Waals surface area (Å²) in [5.74, 6) is -1.07. The highest BCUT2D eigenvalue weighted by atomic mass is 32.1. The van der Waals surface area contributed by atoms with Gasteiger partial charge in [-0.25, -0.2) is 14.8 Å². The predicted molar refractivity (Wildman–Crippen MR) is 62.5 cm³/mol. The third kappa shape index (κ3) is 3.01. The van der Waals surface area contributed by atoms with Crippen molar-refractivity contribution in [3.05, 3.63) is 40.5 Å². The van der Waals surface area contributed by atoms with Gasteiger partial charge in [0, 0.05) is 23.7 Å². The van der Waals surface area contributed by atoms with E-state index in [1.54, 1.807) is 11.3 Å². The monoisotopic (exact) mass is 250 g/mol. The lowest BCUT2D eigenvalue weighted by atomic mass is 10.3. The molecule has 0 aliphatic carbocycles. The Bertz CT molecular complexity index is 499. The second-order valence-electron chi connectivity index (χ2n) is 3.19. The van der Waals surface area contributed by atoms with E-state index >= 15 is 0 Å². The predicted octanol–water partition coefficient (Wildman–Crippen LogP) is 1.86. The fourth-order valence-corrected chi connectivity index (χ4v) is 1.97. The number of rotatable bonds is 5. The van der Waals surface area contributed by atoms with Crippen LogP contribution in [0.15, 0.2) is 29.9 Å². The molecule has 0 saturated carbocycles. The molecule has 2 heterocycles. The van der Waals surface area contributed by atoms with E-state index in [2.05, 4.69) is 9.97 Å². The Morgan fingerprint density at radius 2 is 2.24 bits per heavy atom. The summed E-state index contributed by atoms with van der Waals surface area (Å²) in [6, 6.07) is 3.97. The van der Waals surface area contributed by atoms with Crippen LogP contribution in [0.25, 0.3) is 0 Å². The van der Waals surface area contributed by atoms with Crippen LogP contribution in [0.3, 0.4) is 0 Å². The third-order valence-corrected chi connectivity index (χ3v) is 2.97. The van der Waals surface area contributed by atoms with Crippen LogP contribution in [0, 0.1) is 0 Å². The molecule has 0 spiro atoms. The van der Waals surface area contributed by atoms with Crippen molar-refractivity contribution in [2.75, 3.05) is 6.61 Å². The fraction of sp³-hybridized carbons (Fsp3) is 0.182. The SMILES string of the molecule is O=C(O)c1nccnc1OCCc1cccs1. The van der Waals surface area contributed by atoms with Gasteiger partial charge >= 0.3 is 5.97 Å². The molecule has 0 atom stereocenters. The number of thiophene rings is 1. The molecule has 1 N–H and O–H groups in total. The lowest BCUT2D eigenvalue weighted by Gasteiger charge is -2.05. The van der Waals surface area contributed by atoms with Gasteiger partial charge in [0.1, 0.15) is 0 Å². The second-order valence-corrected chi connectivity index (χ2v) is 4.23. The molecule has 2 aromatic rings. The van der Waals surface area contributed by atoms with Crippen LogP contribution in [0.5, 0.6) is 5.88 Å². The topological polar surface area (TPSA) is 72.3 Å². The zero-order valence-corrected chi connectivity index (χ0v) is 9.68. The van der Waals surface area contributed by atoms with Crippen molar-refractivity contribution in [2.24, 2.45) is 0 Å². The van der Waals surface area contributed by atoms with Crippen molar-refractivity contribution in [3.8, 4) is 5.88 Å². The second kappa shape index (κ2) is 5.40. The maximum atomic E-state index is 10.8. The zero-order chi connectivity index (χ0) is 12.1. The summed E-state index contributed by atoms with van der Waals surface area (Å²) in [7, 11) is 0. The number of hydrogen-bond donors (Lipinski definition) is 1. The molecule has 0 unspecified atom stereocenters. The number of carboxylic acids is 1. The van der Waals surface area contributed by atoms with Crippen LogP contribution in [-0.2, 0) is 6.42 Å². The van der Waals surface area contributed by atoms with Gasteiger partial charge in [-0.1, -0.05) is 6.07 Å². The molecule has 0 aromatic carbocycles. The maximum absolute atomic E-state index is 10.8. The normalized spacial score (nSPS) is 10.1. The van der Waals surface area contributed by atoms with E-state index in [1.165, 1.54) is 17.3 Å². The fourth-order valence-electron chi connectivity index (χ4n) is 1.28. The Morgan fingerprint density at radius 3 is 2.94 bits per heavy atom. The Balaban J connectivity index is 1.97. The smallest absolute Gasteiger partial charge is 0.360 e. The first kappa shape index (κ1) is 11.5. The first-order valence-electron chi connectivity index (χ1n) is 4.97. The zero-order valence-electron chi connectivity index (χ0n) is 8.87. The van der Waals surface area contributed by atoms with Crippen molar-refractivity contribution in [1.29, 1.82) is 0 Å². The number of ether oxygens (including phenoxy) is 1. The lowest BCUT2D eigenvalue weighted by Crippen LogP contribution is -2.09. The molecule has 5 nitrogen and oxygen atoms in total. The van der Waals surface area contributed by atoms with Gasteiger partial charge in [-0.05, 0) is 11.4 Å². The number of carbonyl (C=O) groups is 1. The van der Waals surface area contributed by atoms with E-state index in [1.807, 2.05) is 17.5 Å². The number of nitrogens with zero attached hydrogens (tertiary/aromatic N) is 2. The van der Waals surface area contributed by atoms with E-state index in [0.29, 0.717) is 6.61 Å². The number of aromatic carboxylic acids is 1. The average Bonchev–Trinajstić information content (AvgIpc) is 2.82. The molecule has 0 fully saturated rings. The first-order valence-corrected chi connectivity index (χ1v) is 5.85. The molecule has 2 rings (SSSR count). The molecule has 0 amide bonds. The van der Waals surface area contributed by atoms with Crippen LogP contribution in [0.2, 0.25) is 0 Å². The quantitative estimate of drug-likeness (QED) is 0.876. The Morgan fingerprint density at radius 1 is 1.41 bits per heavy atom.